The highest BCUT2D eigenvalue weighted by atomic mass is 16.5. The molecule has 6 nitrogen and oxygen atoms in total. The Bertz CT molecular complexity index is 723. The molecule has 0 unspecified atom stereocenters. The van der Waals surface area contributed by atoms with Gasteiger partial charge in [-0.1, -0.05) is 6.07 Å². The molecule has 1 aromatic rings. The van der Waals surface area contributed by atoms with Gasteiger partial charge in [0.25, 0.3) is 0 Å². The van der Waals surface area contributed by atoms with Gasteiger partial charge in [0.05, 0.1) is 25.8 Å². The molecule has 0 spiro atoms. The first-order valence-electron chi connectivity index (χ1n) is 8.02. The monoisotopic (exact) mass is 327 g/mol. The molecule has 3 atom stereocenters. The lowest BCUT2D eigenvalue weighted by atomic mass is 9.76. The molecule has 3 rings (SSSR count). The van der Waals surface area contributed by atoms with E-state index in [-0.39, 0.29) is 17.9 Å². The molecular formula is C18H21N3O3. The summed E-state index contributed by atoms with van der Waals surface area (Å²) >= 11 is 0. The number of carbonyl (C=O) groups is 1. The van der Waals surface area contributed by atoms with E-state index in [9.17, 15) is 10.1 Å². The summed E-state index contributed by atoms with van der Waals surface area (Å²) in [6.45, 7) is 2.12. The van der Waals surface area contributed by atoms with E-state index in [1.807, 2.05) is 36.3 Å². The molecular weight excluding hydrogens is 306 g/mol. The highest BCUT2D eigenvalue weighted by Gasteiger charge is 2.44. The Hall–Kier alpha value is -2.68. The molecule has 2 aliphatic heterocycles. The van der Waals surface area contributed by atoms with Gasteiger partial charge in [-0.05, 0) is 25.0 Å². The van der Waals surface area contributed by atoms with E-state index in [4.69, 9.17) is 9.47 Å². The van der Waals surface area contributed by atoms with E-state index in [1.165, 1.54) is 0 Å². The maximum atomic E-state index is 12.5. The average molecular weight is 327 g/mol. The lowest BCUT2D eigenvalue weighted by Gasteiger charge is -2.45. The molecule has 1 N–H and O–H groups in total. The topological polar surface area (TPSA) is 74.6 Å². The van der Waals surface area contributed by atoms with Crippen molar-refractivity contribution in [2.75, 3.05) is 26.1 Å². The number of anilines is 1. The summed E-state index contributed by atoms with van der Waals surface area (Å²) in [7, 11) is 3.56. The van der Waals surface area contributed by atoms with Crippen molar-refractivity contribution in [3.63, 3.8) is 0 Å². The molecule has 1 aromatic carbocycles. The van der Waals surface area contributed by atoms with E-state index in [2.05, 4.69) is 11.4 Å². The molecule has 0 fully saturated rings. The number of hydrogen-bond acceptors (Lipinski definition) is 6. The summed E-state index contributed by atoms with van der Waals surface area (Å²) in [5.41, 5.74) is 2.64. The maximum absolute atomic E-state index is 12.5. The Morgan fingerprint density at radius 2 is 2.29 bits per heavy atom. The van der Waals surface area contributed by atoms with Crippen LogP contribution in [0.15, 0.2) is 30.0 Å². The standard InChI is InChI=1S/C18H21N3O3/c1-4-24-18(22)16-14-7-11(9-19)10-21(2)17(14)13-6-5-12(23-3)8-15(13)20-16/h5-6,8,10,14,16-17,20H,4,7H2,1-3H3/t14-,16-,17+/m0/s1. The number of nitriles is 1. The number of fused-ring (bicyclic) bond motifs is 3. The van der Waals surface area contributed by atoms with Crippen LogP contribution in [0.3, 0.4) is 0 Å². The van der Waals surface area contributed by atoms with Crippen molar-refractivity contribution >= 4 is 11.7 Å². The van der Waals surface area contributed by atoms with Crippen LogP contribution in [-0.4, -0.2) is 37.7 Å². The molecule has 2 aliphatic rings. The summed E-state index contributed by atoms with van der Waals surface area (Å²) < 4.78 is 10.5. The zero-order valence-electron chi connectivity index (χ0n) is 14.1. The third-order valence-corrected chi connectivity index (χ3v) is 4.66. The number of nitrogens with zero attached hydrogens (tertiary/aromatic N) is 2. The number of esters is 1. The molecule has 0 aliphatic carbocycles. The van der Waals surface area contributed by atoms with Crippen LogP contribution >= 0.6 is 0 Å². The fraction of sp³-hybridized carbons (Fsp3) is 0.444. The van der Waals surface area contributed by atoms with Gasteiger partial charge >= 0.3 is 5.97 Å². The summed E-state index contributed by atoms with van der Waals surface area (Å²) in [5.74, 6) is 0.386. The summed E-state index contributed by atoms with van der Waals surface area (Å²) in [6.07, 6.45) is 2.41. The highest BCUT2D eigenvalue weighted by molar-refractivity contribution is 5.82. The second kappa shape index (κ2) is 6.44. The van der Waals surface area contributed by atoms with Gasteiger partial charge in [-0.2, -0.15) is 5.26 Å². The minimum Gasteiger partial charge on any atom is -0.497 e. The molecule has 6 heteroatoms. The van der Waals surface area contributed by atoms with Crippen LogP contribution in [0.25, 0.3) is 0 Å². The van der Waals surface area contributed by atoms with Gasteiger partial charge in [-0.3, -0.25) is 0 Å². The van der Waals surface area contributed by atoms with Crippen LogP contribution in [0, 0.1) is 17.2 Å². The summed E-state index contributed by atoms with van der Waals surface area (Å²) in [5, 5.41) is 12.6. The first-order chi connectivity index (χ1) is 11.6. The number of ether oxygens (including phenoxy) is 2. The average Bonchev–Trinajstić information content (AvgIpc) is 2.60. The van der Waals surface area contributed by atoms with Crippen molar-refractivity contribution in [1.82, 2.24) is 4.90 Å². The van der Waals surface area contributed by atoms with Gasteiger partial charge in [-0.15, -0.1) is 0 Å². The Kier molecular flexibility index (Phi) is 4.34. The Morgan fingerprint density at radius 1 is 1.50 bits per heavy atom. The van der Waals surface area contributed by atoms with E-state index in [0.717, 1.165) is 17.0 Å². The normalized spacial score (nSPS) is 24.7. The fourth-order valence-corrected chi connectivity index (χ4v) is 3.66. The number of nitrogens with one attached hydrogen (secondary N) is 1. The van der Waals surface area contributed by atoms with Crippen molar-refractivity contribution in [2.45, 2.75) is 25.4 Å². The second-order valence-corrected chi connectivity index (χ2v) is 6.07. The third kappa shape index (κ3) is 2.67. The predicted octanol–water partition coefficient (Wildman–Crippen LogP) is 2.45. The van der Waals surface area contributed by atoms with E-state index in [0.29, 0.717) is 18.6 Å². The van der Waals surface area contributed by atoms with Gasteiger partial charge in [0, 0.05) is 36.5 Å². The van der Waals surface area contributed by atoms with E-state index < -0.39 is 6.04 Å². The lowest BCUT2D eigenvalue weighted by Crippen LogP contribution is -2.49. The minimum absolute atomic E-state index is 0.0127. The minimum atomic E-state index is -0.492. The van der Waals surface area contributed by atoms with Gasteiger partial charge in [0.1, 0.15) is 11.8 Å². The molecule has 0 amide bonds. The summed E-state index contributed by atoms with van der Waals surface area (Å²) in [4.78, 5) is 14.5. The van der Waals surface area contributed by atoms with Crippen LogP contribution in [0.2, 0.25) is 0 Å². The maximum Gasteiger partial charge on any atom is 0.328 e. The van der Waals surface area contributed by atoms with Gasteiger partial charge in [0.15, 0.2) is 0 Å². The van der Waals surface area contributed by atoms with Crippen LogP contribution in [0.4, 0.5) is 5.69 Å². The molecule has 0 bridgehead atoms. The molecule has 126 valence electrons. The van der Waals surface area contributed by atoms with Crippen molar-refractivity contribution in [3.05, 3.63) is 35.5 Å². The second-order valence-electron chi connectivity index (χ2n) is 6.07. The SMILES string of the molecule is CCOC(=O)[C@H]1Nc2cc(OC)ccc2[C@@H]2[C@H]1CC(C#N)=CN2C. The van der Waals surface area contributed by atoms with Crippen LogP contribution in [-0.2, 0) is 9.53 Å². The van der Waals surface area contributed by atoms with E-state index >= 15 is 0 Å². The molecule has 0 aromatic heterocycles. The molecule has 24 heavy (non-hydrogen) atoms. The van der Waals surface area contributed by atoms with Crippen LogP contribution in [0.1, 0.15) is 24.9 Å². The first-order valence-corrected chi connectivity index (χ1v) is 8.02. The molecule has 2 heterocycles. The largest absolute Gasteiger partial charge is 0.497 e. The first kappa shape index (κ1) is 16.2. The third-order valence-electron chi connectivity index (χ3n) is 4.66. The lowest BCUT2D eigenvalue weighted by molar-refractivity contribution is -0.146. The highest BCUT2D eigenvalue weighted by Crippen LogP contribution is 2.46. The van der Waals surface area contributed by atoms with Gasteiger partial charge in [0.2, 0.25) is 0 Å². The van der Waals surface area contributed by atoms with Crippen molar-refractivity contribution in [3.8, 4) is 11.8 Å². The van der Waals surface area contributed by atoms with Gasteiger partial charge in [-0.25, -0.2) is 4.79 Å². The zero-order valence-corrected chi connectivity index (χ0v) is 14.1. The number of carbonyl (C=O) groups excluding carboxylic acids is 1. The number of allylic oxidation sites excluding steroid dienone is 1. The van der Waals surface area contributed by atoms with E-state index in [1.54, 1.807) is 14.0 Å². The number of methoxy groups -OCH3 is 1. The number of rotatable bonds is 3. The zero-order chi connectivity index (χ0) is 17.3. The van der Waals surface area contributed by atoms with Crippen molar-refractivity contribution in [2.24, 2.45) is 5.92 Å². The Labute approximate surface area is 141 Å². The number of benzene rings is 1. The fourth-order valence-electron chi connectivity index (χ4n) is 3.66. The summed E-state index contributed by atoms with van der Waals surface area (Å²) in [6, 6.07) is 7.57. The molecule has 0 radical (unpaired) electrons. The van der Waals surface area contributed by atoms with Crippen molar-refractivity contribution in [1.29, 1.82) is 5.26 Å². The van der Waals surface area contributed by atoms with Crippen molar-refractivity contribution < 1.29 is 14.3 Å². The predicted molar refractivity (Wildman–Crippen MR) is 89.3 cm³/mol. The van der Waals surface area contributed by atoms with Crippen LogP contribution in [0.5, 0.6) is 5.75 Å². The number of hydrogen-bond donors (Lipinski definition) is 1. The quantitative estimate of drug-likeness (QED) is 0.860. The Balaban J connectivity index is 2.07. The smallest absolute Gasteiger partial charge is 0.328 e. The van der Waals surface area contributed by atoms with Crippen LogP contribution < -0.4 is 10.1 Å². The molecule has 0 saturated carbocycles. The van der Waals surface area contributed by atoms with Gasteiger partial charge < -0.3 is 19.7 Å². The molecule has 0 saturated heterocycles. The Morgan fingerprint density at radius 3 is 2.96 bits per heavy atom.